The molecule has 0 saturated carbocycles. The van der Waals surface area contributed by atoms with Crippen LogP contribution in [0.4, 0.5) is 26.3 Å². The minimum atomic E-state index is -5.21. The Bertz CT molecular complexity index is 627. The van der Waals surface area contributed by atoms with E-state index in [0.717, 1.165) is 0 Å². The predicted molar refractivity (Wildman–Crippen MR) is 90.3 cm³/mol. The smallest absolute Gasteiger partial charge is 0.247 e. The Morgan fingerprint density at radius 3 is 1.08 bits per heavy atom. The van der Waals surface area contributed by atoms with Gasteiger partial charge in [-0.05, 0) is 22.0 Å². The molecule has 0 amide bonds. The van der Waals surface area contributed by atoms with Crippen LogP contribution in [-0.4, -0.2) is 4.98 Å². The first-order valence-electron chi connectivity index (χ1n) is 8.33. The molecule has 0 bridgehead atoms. The highest BCUT2D eigenvalue weighted by Gasteiger charge is 2.51. The SMILES string of the molecule is CC(C)(C)c1nc(C(F)(F)F)c(C(F)(F)F)c(C(C)(C)C)c1C(C)(C)C. The fraction of sp³-hybridized carbons (Fsp3) is 0.737. The summed E-state index contributed by atoms with van der Waals surface area (Å²) in [6.07, 6.45) is -10.4. The summed E-state index contributed by atoms with van der Waals surface area (Å²) < 4.78 is 82.2. The number of aromatic nitrogens is 1. The van der Waals surface area contributed by atoms with Gasteiger partial charge in [-0.25, -0.2) is 4.98 Å². The Labute approximate surface area is 151 Å². The monoisotopic (exact) mass is 383 g/mol. The van der Waals surface area contributed by atoms with Crippen molar-refractivity contribution in [1.29, 1.82) is 0 Å². The molecule has 0 saturated heterocycles. The molecule has 26 heavy (non-hydrogen) atoms. The van der Waals surface area contributed by atoms with Crippen LogP contribution in [0, 0.1) is 0 Å². The van der Waals surface area contributed by atoms with E-state index in [-0.39, 0.29) is 16.8 Å². The van der Waals surface area contributed by atoms with Crippen molar-refractivity contribution in [3.8, 4) is 0 Å². The van der Waals surface area contributed by atoms with Crippen LogP contribution in [0.2, 0.25) is 0 Å². The van der Waals surface area contributed by atoms with Gasteiger partial charge in [0.05, 0.1) is 11.3 Å². The lowest BCUT2D eigenvalue weighted by Gasteiger charge is -2.38. The Kier molecular flexibility index (Phi) is 5.37. The van der Waals surface area contributed by atoms with Gasteiger partial charge >= 0.3 is 12.4 Å². The standard InChI is InChI=1S/C19H27F6N/c1-15(2,3)10-11(16(4,5)6)13(17(7,8)9)26-14(19(23,24)25)12(10)18(20,21)22/h1-9H3. The maximum absolute atomic E-state index is 13.8. The van der Waals surface area contributed by atoms with Gasteiger partial charge in [0.15, 0.2) is 5.69 Å². The van der Waals surface area contributed by atoms with Crippen molar-refractivity contribution in [2.75, 3.05) is 0 Å². The van der Waals surface area contributed by atoms with Gasteiger partial charge in [-0.2, -0.15) is 26.3 Å². The van der Waals surface area contributed by atoms with Gasteiger partial charge in [0.2, 0.25) is 0 Å². The van der Waals surface area contributed by atoms with Crippen molar-refractivity contribution in [3.05, 3.63) is 28.1 Å². The average Bonchev–Trinajstić information content (AvgIpc) is 2.30. The Hall–Kier alpha value is -1.27. The van der Waals surface area contributed by atoms with E-state index in [4.69, 9.17) is 0 Å². The molecule has 0 radical (unpaired) electrons. The molecule has 0 aliphatic rings. The van der Waals surface area contributed by atoms with Crippen LogP contribution in [-0.2, 0) is 28.6 Å². The van der Waals surface area contributed by atoms with Gasteiger partial charge in [-0.15, -0.1) is 0 Å². The van der Waals surface area contributed by atoms with Gasteiger partial charge in [-0.3, -0.25) is 0 Å². The third-order valence-electron chi connectivity index (χ3n) is 3.96. The molecular formula is C19H27F6N. The molecule has 0 fully saturated rings. The van der Waals surface area contributed by atoms with Crippen LogP contribution in [0.3, 0.4) is 0 Å². The van der Waals surface area contributed by atoms with Crippen LogP contribution >= 0.6 is 0 Å². The van der Waals surface area contributed by atoms with Crippen molar-refractivity contribution in [3.63, 3.8) is 0 Å². The zero-order valence-electron chi connectivity index (χ0n) is 16.7. The number of rotatable bonds is 0. The van der Waals surface area contributed by atoms with Crippen LogP contribution in [0.25, 0.3) is 0 Å². The molecule has 0 spiro atoms. The minimum Gasteiger partial charge on any atom is -0.247 e. The predicted octanol–water partition coefficient (Wildman–Crippen LogP) is 7.01. The van der Waals surface area contributed by atoms with Crippen molar-refractivity contribution in [1.82, 2.24) is 4.98 Å². The highest BCUT2D eigenvalue weighted by molar-refractivity contribution is 5.51. The second-order valence-electron chi connectivity index (χ2n) is 9.68. The lowest BCUT2D eigenvalue weighted by molar-refractivity contribution is -0.165. The normalized spacial score (nSPS) is 14.7. The number of hydrogen-bond donors (Lipinski definition) is 0. The summed E-state index contributed by atoms with van der Waals surface area (Å²) >= 11 is 0. The largest absolute Gasteiger partial charge is 0.433 e. The van der Waals surface area contributed by atoms with Crippen molar-refractivity contribution in [2.45, 2.75) is 90.9 Å². The summed E-state index contributed by atoms with van der Waals surface area (Å²) in [4.78, 5) is 3.58. The topological polar surface area (TPSA) is 12.9 Å². The lowest BCUT2D eigenvalue weighted by atomic mass is 9.69. The van der Waals surface area contributed by atoms with Crippen LogP contribution in [0.15, 0.2) is 0 Å². The Balaban J connectivity index is 4.41. The first-order valence-corrected chi connectivity index (χ1v) is 8.33. The third-order valence-corrected chi connectivity index (χ3v) is 3.96. The summed E-state index contributed by atoms with van der Waals surface area (Å²) in [6, 6.07) is 0. The van der Waals surface area contributed by atoms with Gasteiger partial charge in [0.25, 0.3) is 0 Å². The number of halogens is 6. The summed E-state index contributed by atoms with van der Waals surface area (Å²) in [5, 5.41) is 0. The summed E-state index contributed by atoms with van der Waals surface area (Å²) in [5.41, 5.74) is -6.40. The van der Waals surface area contributed by atoms with Crippen molar-refractivity contribution in [2.24, 2.45) is 0 Å². The van der Waals surface area contributed by atoms with Crippen LogP contribution in [0.5, 0.6) is 0 Å². The molecule has 0 aliphatic heterocycles. The van der Waals surface area contributed by atoms with Crippen molar-refractivity contribution < 1.29 is 26.3 Å². The molecule has 1 aromatic rings. The molecule has 1 nitrogen and oxygen atoms in total. The maximum atomic E-state index is 13.8. The van der Waals surface area contributed by atoms with E-state index in [2.05, 4.69) is 4.98 Å². The number of hydrogen-bond acceptors (Lipinski definition) is 1. The lowest BCUT2D eigenvalue weighted by Crippen LogP contribution is -2.35. The first-order chi connectivity index (χ1) is 11.1. The van der Waals surface area contributed by atoms with E-state index >= 15 is 0 Å². The second-order valence-corrected chi connectivity index (χ2v) is 9.68. The van der Waals surface area contributed by atoms with E-state index in [1.54, 1.807) is 41.5 Å². The van der Waals surface area contributed by atoms with Gasteiger partial charge in [0, 0.05) is 5.41 Å². The number of nitrogens with zero attached hydrogens (tertiary/aromatic N) is 1. The maximum Gasteiger partial charge on any atom is 0.433 e. The van der Waals surface area contributed by atoms with Gasteiger partial charge < -0.3 is 0 Å². The van der Waals surface area contributed by atoms with E-state index < -0.39 is 39.9 Å². The van der Waals surface area contributed by atoms with Gasteiger partial charge in [-0.1, -0.05) is 62.3 Å². The number of alkyl halides is 6. The summed E-state index contributed by atoms with van der Waals surface area (Å²) in [5.74, 6) is 0. The van der Waals surface area contributed by atoms with Crippen LogP contribution in [0.1, 0.15) is 90.4 Å². The van der Waals surface area contributed by atoms with E-state index in [9.17, 15) is 26.3 Å². The molecule has 150 valence electrons. The highest BCUT2D eigenvalue weighted by Crippen LogP contribution is 2.50. The van der Waals surface area contributed by atoms with E-state index in [1.165, 1.54) is 20.8 Å². The molecule has 0 unspecified atom stereocenters. The molecule has 0 aliphatic carbocycles. The van der Waals surface area contributed by atoms with E-state index in [1.807, 2.05) is 0 Å². The second kappa shape index (κ2) is 6.13. The molecule has 1 heterocycles. The van der Waals surface area contributed by atoms with Gasteiger partial charge in [0.1, 0.15) is 0 Å². The van der Waals surface area contributed by atoms with E-state index in [0.29, 0.717) is 0 Å². The minimum absolute atomic E-state index is 0.0512. The quantitative estimate of drug-likeness (QED) is 0.439. The zero-order chi connectivity index (χ0) is 21.1. The molecule has 1 rings (SSSR count). The van der Waals surface area contributed by atoms with Crippen molar-refractivity contribution >= 4 is 0 Å². The zero-order valence-corrected chi connectivity index (χ0v) is 16.7. The third kappa shape index (κ3) is 4.52. The fourth-order valence-electron chi connectivity index (χ4n) is 3.09. The molecular weight excluding hydrogens is 356 g/mol. The summed E-state index contributed by atoms with van der Waals surface area (Å²) in [7, 11) is 0. The number of pyridine rings is 1. The average molecular weight is 383 g/mol. The highest BCUT2D eigenvalue weighted by atomic mass is 19.4. The molecule has 1 aromatic heterocycles. The molecule has 0 atom stereocenters. The molecule has 0 aromatic carbocycles. The fourth-order valence-corrected chi connectivity index (χ4v) is 3.09. The van der Waals surface area contributed by atoms with Crippen LogP contribution < -0.4 is 0 Å². The first kappa shape index (κ1) is 22.8. The summed E-state index contributed by atoms with van der Waals surface area (Å²) in [6.45, 7) is 14.6. The molecule has 0 N–H and O–H groups in total. The Morgan fingerprint density at radius 1 is 0.462 bits per heavy atom. The molecule has 7 heteroatoms. The Morgan fingerprint density at radius 2 is 0.846 bits per heavy atom.